The van der Waals surface area contributed by atoms with Crippen molar-refractivity contribution in [2.45, 2.75) is 64.7 Å². The smallest absolute Gasteiger partial charge is 0.311 e. The molecule has 202 valence electrons. The summed E-state index contributed by atoms with van der Waals surface area (Å²) in [5, 5.41) is 0. The molecular formula is C30H40O7. The minimum Gasteiger partial charge on any atom is -0.493 e. The van der Waals surface area contributed by atoms with Crippen LogP contribution >= 0.6 is 0 Å². The first-order chi connectivity index (χ1) is 18.0. The van der Waals surface area contributed by atoms with Gasteiger partial charge >= 0.3 is 11.9 Å². The number of ether oxygens (including phenoxy) is 5. The third-order valence-electron chi connectivity index (χ3n) is 6.90. The molecule has 1 heterocycles. The maximum atomic E-state index is 12.6. The molecule has 1 aliphatic rings. The molecule has 0 aliphatic carbocycles. The molecule has 7 nitrogen and oxygen atoms in total. The lowest BCUT2D eigenvalue weighted by Crippen LogP contribution is -2.20. The largest absolute Gasteiger partial charge is 0.493 e. The summed E-state index contributed by atoms with van der Waals surface area (Å²) in [5.74, 6) is 1.52. The van der Waals surface area contributed by atoms with E-state index in [1.807, 2.05) is 30.3 Å². The molecule has 3 rings (SSSR count). The second-order valence-electron chi connectivity index (χ2n) is 9.57. The number of carbonyl (C=O) groups excluding carboxylic acids is 2. The Hall–Kier alpha value is -3.22. The highest BCUT2D eigenvalue weighted by molar-refractivity contribution is 5.75. The van der Waals surface area contributed by atoms with Gasteiger partial charge in [-0.3, -0.25) is 9.59 Å². The van der Waals surface area contributed by atoms with Crippen LogP contribution in [-0.4, -0.2) is 39.9 Å². The van der Waals surface area contributed by atoms with Gasteiger partial charge in [-0.05, 0) is 54.7 Å². The second-order valence-corrected chi connectivity index (χ2v) is 9.57. The van der Waals surface area contributed by atoms with Crippen molar-refractivity contribution in [1.82, 2.24) is 0 Å². The van der Waals surface area contributed by atoms with Gasteiger partial charge in [0.25, 0.3) is 0 Å². The first-order valence-corrected chi connectivity index (χ1v) is 13.2. The van der Waals surface area contributed by atoms with Crippen LogP contribution in [0.2, 0.25) is 0 Å². The number of unbranched alkanes of at least 4 members (excludes halogenated alkanes) is 5. The SMILES string of the molecule is CCCCCCCCC(=O)Oc1ccc(C[C@H]2C(=O)OC[C@@H]2Cc2ccc(OC)c(OC)c2)cc1OC. The average molecular weight is 513 g/mol. The fourth-order valence-corrected chi connectivity index (χ4v) is 4.77. The van der Waals surface area contributed by atoms with E-state index in [-0.39, 0.29) is 23.8 Å². The molecule has 1 aliphatic heterocycles. The molecule has 0 unspecified atom stereocenters. The Kier molecular flexibility index (Phi) is 11.1. The molecule has 0 saturated carbocycles. The van der Waals surface area contributed by atoms with E-state index < -0.39 is 0 Å². The Morgan fingerprint density at radius 2 is 1.41 bits per heavy atom. The van der Waals surface area contributed by atoms with Gasteiger partial charge in [0.2, 0.25) is 0 Å². The Morgan fingerprint density at radius 1 is 0.811 bits per heavy atom. The summed E-state index contributed by atoms with van der Waals surface area (Å²) in [7, 11) is 4.76. The maximum Gasteiger partial charge on any atom is 0.311 e. The summed E-state index contributed by atoms with van der Waals surface area (Å²) >= 11 is 0. The highest BCUT2D eigenvalue weighted by Gasteiger charge is 2.37. The fraction of sp³-hybridized carbons (Fsp3) is 0.533. The van der Waals surface area contributed by atoms with Crippen LogP contribution in [-0.2, 0) is 27.2 Å². The number of hydrogen-bond donors (Lipinski definition) is 0. The monoisotopic (exact) mass is 512 g/mol. The van der Waals surface area contributed by atoms with E-state index in [0.29, 0.717) is 48.9 Å². The molecule has 0 spiro atoms. The molecular weight excluding hydrogens is 472 g/mol. The zero-order valence-corrected chi connectivity index (χ0v) is 22.5. The van der Waals surface area contributed by atoms with Gasteiger partial charge < -0.3 is 23.7 Å². The molecule has 0 radical (unpaired) electrons. The lowest BCUT2D eigenvalue weighted by atomic mass is 9.85. The third-order valence-corrected chi connectivity index (χ3v) is 6.90. The van der Waals surface area contributed by atoms with E-state index in [9.17, 15) is 9.59 Å². The van der Waals surface area contributed by atoms with Crippen LogP contribution < -0.4 is 18.9 Å². The second kappa shape index (κ2) is 14.5. The topological polar surface area (TPSA) is 80.3 Å². The number of esters is 2. The molecule has 0 N–H and O–H groups in total. The third kappa shape index (κ3) is 8.14. The highest BCUT2D eigenvalue weighted by atomic mass is 16.6. The van der Waals surface area contributed by atoms with Crippen LogP contribution in [0.4, 0.5) is 0 Å². The summed E-state index contributed by atoms with van der Waals surface area (Å²) in [6, 6.07) is 11.3. The normalized spacial score (nSPS) is 16.8. The first kappa shape index (κ1) is 28.4. The fourth-order valence-electron chi connectivity index (χ4n) is 4.77. The van der Waals surface area contributed by atoms with E-state index in [1.54, 1.807) is 27.4 Å². The molecule has 0 amide bonds. The van der Waals surface area contributed by atoms with Gasteiger partial charge in [0.15, 0.2) is 23.0 Å². The molecule has 1 fully saturated rings. The standard InChI is InChI=1S/C30H40O7/c1-5-6-7-8-9-10-11-29(31)37-26-15-13-22(19-28(26)35-4)17-24-23(20-36-30(24)32)16-21-12-14-25(33-2)27(18-21)34-3/h12-15,18-19,23-24H,5-11,16-17,20H2,1-4H3/t23-,24+/m0/s1. The van der Waals surface area contributed by atoms with E-state index in [1.165, 1.54) is 19.3 Å². The maximum absolute atomic E-state index is 12.6. The summed E-state index contributed by atoms with van der Waals surface area (Å²) < 4.78 is 27.2. The van der Waals surface area contributed by atoms with E-state index in [0.717, 1.165) is 30.4 Å². The lowest BCUT2D eigenvalue weighted by molar-refractivity contribution is -0.141. The molecule has 2 aromatic rings. The van der Waals surface area contributed by atoms with Crippen molar-refractivity contribution < 1.29 is 33.3 Å². The van der Waals surface area contributed by atoms with Crippen molar-refractivity contribution in [2.24, 2.45) is 11.8 Å². The van der Waals surface area contributed by atoms with Gasteiger partial charge in [-0.25, -0.2) is 0 Å². The van der Waals surface area contributed by atoms with Crippen LogP contribution in [0.25, 0.3) is 0 Å². The van der Waals surface area contributed by atoms with Crippen LogP contribution in [0.15, 0.2) is 36.4 Å². The van der Waals surface area contributed by atoms with Crippen molar-refractivity contribution in [1.29, 1.82) is 0 Å². The predicted octanol–water partition coefficient (Wildman–Crippen LogP) is 5.94. The summed E-state index contributed by atoms with van der Waals surface area (Å²) in [5.41, 5.74) is 1.98. The number of cyclic esters (lactones) is 1. The Bertz CT molecular complexity index is 1030. The van der Waals surface area contributed by atoms with E-state index in [4.69, 9.17) is 23.7 Å². The summed E-state index contributed by atoms with van der Waals surface area (Å²) in [6.07, 6.45) is 8.26. The minimum atomic E-state index is -0.279. The highest BCUT2D eigenvalue weighted by Crippen LogP contribution is 2.35. The van der Waals surface area contributed by atoms with Crippen LogP contribution in [0.5, 0.6) is 23.0 Å². The summed E-state index contributed by atoms with van der Waals surface area (Å²) in [4.78, 5) is 24.9. The quantitative estimate of drug-likeness (QED) is 0.166. The zero-order chi connectivity index (χ0) is 26.6. The molecule has 0 aromatic heterocycles. The van der Waals surface area contributed by atoms with Crippen LogP contribution in [0.3, 0.4) is 0 Å². The molecule has 0 bridgehead atoms. The first-order valence-electron chi connectivity index (χ1n) is 13.2. The molecule has 2 atom stereocenters. The number of carbonyl (C=O) groups is 2. The van der Waals surface area contributed by atoms with Gasteiger partial charge in [0.1, 0.15) is 0 Å². The molecule has 7 heteroatoms. The van der Waals surface area contributed by atoms with Gasteiger partial charge in [-0.1, -0.05) is 51.2 Å². The van der Waals surface area contributed by atoms with Crippen molar-refractivity contribution in [3.8, 4) is 23.0 Å². The van der Waals surface area contributed by atoms with Gasteiger partial charge in [0.05, 0.1) is 33.9 Å². The predicted molar refractivity (Wildman–Crippen MR) is 142 cm³/mol. The number of methoxy groups -OCH3 is 3. The molecule has 37 heavy (non-hydrogen) atoms. The van der Waals surface area contributed by atoms with Crippen molar-refractivity contribution in [3.63, 3.8) is 0 Å². The summed E-state index contributed by atoms with van der Waals surface area (Å²) in [6.45, 7) is 2.57. The Morgan fingerprint density at radius 3 is 2.08 bits per heavy atom. The van der Waals surface area contributed by atoms with Crippen molar-refractivity contribution >= 4 is 11.9 Å². The molecule has 2 aromatic carbocycles. The Balaban J connectivity index is 1.60. The van der Waals surface area contributed by atoms with Crippen LogP contribution in [0.1, 0.15) is 63.0 Å². The van der Waals surface area contributed by atoms with Gasteiger partial charge in [-0.15, -0.1) is 0 Å². The van der Waals surface area contributed by atoms with Crippen LogP contribution in [0, 0.1) is 11.8 Å². The zero-order valence-electron chi connectivity index (χ0n) is 22.5. The number of rotatable bonds is 15. The van der Waals surface area contributed by atoms with E-state index >= 15 is 0 Å². The Labute approximate surface area is 220 Å². The van der Waals surface area contributed by atoms with Crippen molar-refractivity contribution in [2.75, 3.05) is 27.9 Å². The molecule has 1 saturated heterocycles. The number of hydrogen-bond acceptors (Lipinski definition) is 7. The van der Waals surface area contributed by atoms with E-state index in [2.05, 4.69) is 6.92 Å². The van der Waals surface area contributed by atoms with Crippen molar-refractivity contribution in [3.05, 3.63) is 47.5 Å². The number of benzene rings is 2. The average Bonchev–Trinajstić information content (AvgIpc) is 3.25. The van der Waals surface area contributed by atoms with Gasteiger partial charge in [-0.2, -0.15) is 0 Å². The lowest BCUT2D eigenvalue weighted by Gasteiger charge is -2.17. The van der Waals surface area contributed by atoms with Gasteiger partial charge in [0, 0.05) is 12.3 Å². The minimum absolute atomic E-state index is 0.0337.